The molecule has 0 fully saturated rings. The number of carbonyl (C=O) groups is 2. The Hall–Kier alpha value is -0.360. The van der Waals surface area contributed by atoms with Crippen molar-refractivity contribution in [1.82, 2.24) is 0 Å². The molecule has 216 valence electrons. The van der Waals surface area contributed by atoms with Crippen LogP contribution in [0.15, 0.2) is 0 Å². The average Bonchev–Trinajstić information content (AvgIpc) is 2.85. The highest BCUT2D eigenvalue weighted by Crippen LogP contribution is 2.22. The number of rotatable bonds is 27. The predicted octanol–water partition coefficient (Wildman–Crippen LogP) is 10.0. The fourth-order valence-corrected chi connectivity index (χ4v) is 4.92. The summed E-state index contributed by atoms with van der Waals surface area (Å²) in [5.74, 6) is 0.719. The van der Waals surface area contributed by atoms with E-state index in [-0.39, 0.29) is 18.8 Å². The van der Waals surface area contributed by atoms with Crippen LogP contribution in [0.3, 0.4) is 0 Å². The van der Waals surface area contributed by atoms with Crippen LogP contribution in [-0.2, 0) is 9.59 Å². The van der Waals surface area contributed by atoms with E-state index in [0.717, 1.165) is 24.3 Å². The van der Waals surface area contributed by atoms with Gasteiger partial charge in [-0.1, -0.05) is 122 Å². The van der Waals surface area contributed by atoms with Crippen LogP contribution in [0.25, 0.3) is 0 Å². The summed E-state index contributed by atoms with van der Waals surface area (Å²) in [6.45, 7) is 2.28. The lowest BCUT2D eigenvalue weighted by molar-refractivity contribution is -0.137. The number of hydrogen-bond acceptors (Lipinski definition) is 4. The summed E-state index contributed by atoms with van der Waals surface area (Å²) in [6.07, 6.45) is 27.9. The minimum absolute atomic E-state index is 0.149. The first kappa shape index (κ1) is 37.8. The van der Waals surface area contributed by atoms with E-state index in [1.54, 1.807) is 0 Å². The molecule has 0 aromatic rings. The molecule has 36 heavy (non-hydrogen) atoms. The van der Waals surface area contributed by atoms with E-state index in [4.69, 9.17) is 10.2 Å². The highest BCUT2D eigenvalue weighted by atomic mass is 32.1. The van der Waals surface area contributed by atoms with Gasteiger partial charge in [-0.15, -0.1) is 0 Å². The van der Waals surface area contributed by atoms with Crippen molar-refractivity contribution >= 4 is 37.2 Å². The Kier molecular flexibility index (Phi) is 34.3. The molecule has 0 aliphatic heterocycles. The maximum Gasteiger partial charge on any atom is 0.303 e. The predicted molar refractivity (Wildman–Crippen MR) is 163 cm³/mol. The van der Waals surface area contributed by atoms with Crippen molar-refractivity contribution in [3.8, 4) is 0 Å². The van der Waals surface area contributed by atoms with Gasteiger partial charge in [-0.3, -0.25) is 9.59 Å². The van der Waals surface area contributed by atoms with Gasteiger partial charge in [0.1, 0.15) is 0 Å². The highest BCUT2D eigenvalue weighted by Gasteiger charge is 2.12. The maximum atomic E-state index is 10.7. The molecule has 0 unspecified atom stereocenters. The van der Waals surface area contributed by atoms with Crippen LogP contribution >= 0.6 is 25.3 Å². The number of carboxylic acids is 2. The van der Waals surface area contributed by atoms with E-state index in [1.807, 2.05) is 0 Å². The van der Waals surface area contributed by atoms with Gasteiger partial charge >= 0.3 is 11.9 Å². The zero-order chi connectivity index (χ0) is 27.1. The second-order valence-corrected chi connectivity index (χ2v) is 11.2. The third kappa shape index (κ3) is 35.8. The lowest BCUT2D eigenvalue weighted by Crippen LogP contribution is -2.07. The topological polar surface area (TPSA) is 74.6 Å². The van der Waals surface area contributed by atoms with Gasteiger partial charge in [0.05, 0.1) is 0 Å². The van der Waals surface area contributed by atoms with Gasteiger partial charge in [0, 0.05) is 12.8 Å². The zero-order valence-electron chi connectivity index (χ0n) is 23.6. The monoisotopic (exact) mass is 548 g/mol. The highest BCUT2D eigenvalue weighted by molar-refractivity contribution is 7.80. The van der Waals surface area contributed by atoms with Crippen molar-refractivity contribution in [3.63, 3.8) is 0 Å². The third-order valence-electron chi connectivity index (χ3n) is 6.82. The van der Waals surface area contributed by atoms with Crippen molar-refractivity contribution in [1.29, 1.82) is 0 Å². The summed E-state index contributed by atoms with van der Waals surface area (Å²) in [6, 6.07) is 0. The Morgan fingerprint density at radius 1 is 0.500 bits per heavy atom. The SMILES string of the molecule is CCCCCCCCCCCCS.O=C(O)CCC(CCCCCCCCCCCS)CCC(=O)O. The number of hydrogen-bond donors (Lipinski definition) is 4. The summed E-state index contributed by atoms with van der Waals surface area (Å²) >= 11 is 8.41. The van der Waals surface area contributed by atoms with Crippen LogP contribution in [0.2, 0.25) is 0 Å². The molecule has 0 heterocycles. The Morgan fingerprint density at radius 3 is 1.11 bits per heavy atom. The molecule has 2 N–H and O–H groups in total. The van der Waals surface area contributed by atoms with E-state index >= 15 is 0 Å². The maximum absolute atomic E-state index is 10.7. The Labute approximate surface area is 235 Å². The smallest absolute Gasteiger partial charge is 0.303 e. The molecule has 0 saturated heterocycles. The first-order valence-corrected chi connectivity index (χ1v) is 16.4. The first-order valence-electron chi connectivity index (χ1n) is 15.1. The summed E-state index contributed by atoms with van der Waals surface area (Å²) in [7, 11) is 0. The minimum atomic E-state index is -0.789. The van der Waals surface area contributed by atoms with Crippen molar-refractivity contribution in [2.45, 2.75) is 161 Å². The van der Waals surface area contributed by atoms with Crippen molar-refractivity contribution in [3.05, 3.63) is 0 Å². The van der Waals surface area contributed by atoms with Gasteiger partial charge in [-0.25, -0.2) is 0 Å². The lowest BCUT2D eigenvalue weighted by Gasteiger charge is -2.14. The molecule has 0 saturated carbocycles. The summed E-state index contributed by atoms with van der Waals surface area (Å²) < 4.78 is 0. The number of aliphatic carboxylic acids is 2. The molecule has 0 amide bonds. The number of thiol groups is 2. The van der Waals surface area contributed by atoms with E-state index in [9.17, 15) is 9.59 Å². The lowest BCUT2D eigenvalue weighted by atomic mass is 9.91. The Morgan fingerprint density at radius 2 is 0.806 bits per heavy atom. The molecule has 4 nitrogen and oxygen atoms in total. The van der Waals surface area contributed by atoms with Gasteiger partial charge in [0.2, 0.25) is 0 Å². The molecule has 0 spiro atoms. The van der Waals surface area contributed by atoms with E-state index in [2.05, 4.69) is 32.2 Å². The van der Waals surface area contributed by atoms with Gasteiger partial charge < -0.3 is 10.2 Å². The molecule has 0 atom stereocenters. The first-order chi connectivity index (χ1) is 17.5. The van der Waals surface area contributed by atoms with Gasteiger partial charge in [0.25, 0.3) is 0 Å². The van der Waals surface area contributed by atoms with E-state index in [1.165, 1.54) is 116 Å². The molecule has 0 aliphatic carbocycles. The molecule has 0 aromatic carbocycles. The zero-order valence-corrected chi connectivity index (χ0v) is 25.4. The van der Waals surface area contributed by atoms with Crippen molar-refractivity contribution in [2.75, 3.05) is 11.5 Å². The summed E-state index contributed by atoms with van der Waals surface area (Å²) in [4.78, 5) is 21.3. The van der Waals surface area contributed by atoms with E-state index in [0.29, 0.717) is 12.8 Å². The molecule has 0 aromatic heterocycles. The number of unbranched alkanes of at least 4 members (excludes halogenated alkanes) is 17. The second kappa shape index (κ2) is 32.7. The quantitative estimate of drug-likeness (QED) is 0.0608. The minimum Gasteiger partial charge on any atom is -0.481 e. The Balaban J connectivity index is 0. The Bertz CT molecular complexity index is 432. The largest absolute Gasteiger partial charge is 0.481 e. The molecular weight excluding hydrogens is 488 g/mol. The van der Waals surface area contributed by atoms with Crippen LogP contribution < -0.4 is 0 Å². The van der Waals surface area contributed by atoms with Crippen LogP contribution in [0.1, 0.15) is 161 Å². The van der Waals surface area contributed by atoms with Gasteiger partial charge in [-0.2, -0.15) is 25.3 Å². The van der Waals surface area contributed by atoms with Crippen LogP contribution in [-0.4, -0.2) is 33.7 Å². The standard InChI is InChI=1S/C18H34O4S.C12H26S/c19-17(20)13-11-16(12-14-18(21)22)10-8-6-4-2-1-3-5-7-9-15-23;1-2-3-4-5-6-7-8-9-10-11-12-13/h16,23H,1-15H2,(H,19,20)(H,21,22);13H,2-12H2,1H3. The average molecular weight is 549 g/mol. The molecule has 0 bridgehead atoms. The van der Waals surface area contributed by atoms with E-state index < -0.39 is 11.9 Å². The van der Waals surface area contributed by atoms with Gasteiger partial charge in [0.15, 0.2) is 0 Å². The molecular formula is C30H60O4S2. The summed E-state index contributed by atoms with van der Waals surface area (Å²) in [5.41, 5.74) is 0. The van der Waals surface area contributed by atoms with Crippen molar-refractivity contribution in [2.24, 2.45) is 5.92 Å². The molecule has 6 heteroatoms. The fourth-order valence-electron chi connectivity index (χ4n) is 4.47. The molecule has 0 radical (unpaired) electrons. The normalized spacial score (nSPS) is 10.9. The van der Waals surface area contributed by atoms with Crippen molar-refractivity contribution < 1.29 is 19.8 Å². The second-order valence-electron chi connectivity index (χ2n) is 10.3. The van der Waals surface area contributed by atoms with Crippen LogP contribution in [0.4, 0.5) is 0 Å². The van der Waals surface area contributed by atoms with Gasteiger partial charge in [-0.05, 0) is 43.1 Å². The fraction of sp³-hybridized carbons (Fsp3) is 0.933. The molecule has 0 rings (SSSR count). The summed E-state index contributed by atoms with van der Waals surface area (Å²) in [5, 5.41) is 17.5. The molecule has 0 aliphatic rings. The van der Waals surface area contributed by atoms with Crippen LogP contribution in [0.5, 0.6) is 0 Å². The third-order valence-corrected chi connectivity index (χ3v) is 7.45. The van der Waals surface area contributed by atoms with Crippen LogP contribution in [0, 0.1) is 5.92 Å². The number of carboxylic acid groups (broad SMARTS) is 2.